The van der Waals surface area contributed by atoms with Crippen molar-refractivity contribution in [1.29, 1.82) is 0 Å². The van der Waals surface area contributed by atoms with Gasteiger partial charge in [0.2, 0.25) is 5.95 Å². The molecule has 152 valence electrons. The number of methoxy groups -OCH3 is 2. The first-order valence-electron chi connectivity index (χ1n) is 9.07. The second-order valence-corrected chi connectivity index (χ2v) is 6.58. The number of nitrogens with one attached hydrogen (secondary N) is 1. The zero-order valence-electron chi connectivity index (χ0n) is 16.7. The number of fused-ring (bicyclic) bond motifs is 1. The molecule has 4 aromatic rings. The summed E-state index contributed by atoms with van der Waals surface area (Å²) in [5, 5.41) is 4.44. The normalized spacial score (nSPS) is 10.8. The van der Waals surface area contributed by atoms with Crippen LogP contribution in [0.1, 0.15) is 0 Å². The largest absolute Gasteiger partial charge is 0.493 e. The maximum atomic E-state index is 12.9. The van der Waals surface area contributed by atoms with E-state index in [1.807, 2.05) is 18.2 Å². The molecule has 1 aromatic carbocycles. The summed E-state index contributed by atoms with van der Waals surface area (Å²) in [4.78, 5) is 25.6. The smallest absolute Gasteiger partial charge is 0.261 e. The van der Waals surface area contributed by atoms with Crippen LogP contribution in [0.25, 0.3) is 22.0 Å². The summed E-state index contributed by atoms with van der Waals surface area (Å²) < 4.78 is 12.2. The lowest BCUT2D eigenvalue weighted by Gasteiger charge is -2.14. The predicted molar refractivity (Wildman–Crippen MR) is 115 cm³/mol. The lowest BCUT2D eigenvalue weighted by atomic mass is 10.1. The predicted octanol–water partition coefficient (Wildman–Crippen LogP) is 2.73. The van der Waals surface area contributed by atoms with Crippen molar-refractivity contribution in [1.82, 2.24) is 19.5 Å². The number of hydrogen-bond donors (Lipinski definition) is 2. The third-order valence-electron chi connectivity index (χ3n) is 4.68. The number of hydrogen-bond acceptors (Lipinski definition) is 8. The van der Waals surface area contributed by atoms with Crippen LogP contribution in [0.2, 0.25) is 0 Å². The number of pyridine rings is 2. The number of ether oxygens (including phenoxy) is 2. The quantitative estimate of drug-likeness (QED) is 0.521. The fraction of sp³-hybridized carbons (Fsp3) is 0.143. The van der Waals surface area contributed by atoms with Gasteiger partial charge in [-0.3, -0.25) is 4.79 Å². The van der Waals surface area contributed by atoms with Crippen LogP contribution >= 0.6 is 0 Å². The second-order valence-electron chi connectivity index (χ2n) is 6.58. The monoisotopic (exact) mass is 404 g/mol. The van der Waals surface area contributed by atoms with Gasteiger partial charge in [0.05, 0.1) is 25.3 Å². The minimum Gasteiger partial charge on any atom is -0.493 e. The number of aryl methyl sites for hydroxylation is 1. The van der Waals surface area contributed by atoms with Gasteiger partial charge in [-0.2, -0.15) is 0 Å². The van der Waals surface area contributed by atoms with Crippen molar-refractivity contribution in [3.8, 4) is 22.8 Å². The van der Waals surface area contributed by atoms with Crippen molar-refractivity contribution in [2.75, 3.05) is 25.3 Å². The van der Waals surface area contributed by atoms with Crippen LogP contribution in [0.15, 0.2) is 53.7 Å². The summed E-state index contributed by atoms with van der Waals surface area (Å²) in [6.07, 6.45) is 4.91. The molecule has 9 nitrogen and oxygen atoms in total. The summed E-state index contributed by atoms with van der Waals surface area (Å²) in [6.45, 7) is 0. The van der Waals surface area contributed by atoms with Crippen LogP contribution in [-0.2, 0) is 7.05 Å². The zero-order valence-corrected chi connectivity index (χ0v) is 16.7. The van der Waals surface area contributed by atoms with Crippen LogP contribution in [-0.4, -0.2) is 33.7 Å². The molecule has 0 aliphatic rings. The molecule has 9 heteroatoms. The third-order valence-corrected chi connectivity index (χ3v) is 4.68. The van der Waals surface area contributed by atoms with Crippen LogP contribution in [0.5, 0.6) is 11.5 Å². The Morgan fingerprint density at radius 2 is 1.77 bits per heavy atom. The molecule has 0 spiro atoms. The van der Waals surface area contributed by atoms with Crippen LogP contribution in [0.4, 0.5) is 17.5 Å². The van der Waals surface area contributed by atoms with Gasteiger partial charge in [-0.1, -0.05) is 0 Å². The van der Waals surface area contributed by atoms with E-state index in [4.69, 9.17) is 15.2 Å². The van der Waals surface area contributed by atoms with Gasteiger partial charge < -0.3 is 25.1 Å². The maximum Gasteiger partial charge on any atom is 0.261 e. The summed E-state index contributed by atoms with van der Waals surface area (Å²) in [5.74, 6) is 1.75. The van der Waals surface area contributed by atoms with Gasteiger partial charge in [-0.05, 0) is 29.7 Å². The highest BCUT2D eigenvalue weighted by Crippen LogP contribution is 2.33. The molecule has 3 aromatic heterocycles. The van der Waals surface area contributed by atoms with Crippen molar-refractivity contribution < 1.29 is 9.47 Å². The standard InChI is InChI=1S/C21H20N6O3/c1-27-7-6-12-8-15(13-10-23-21(22)24-11-13)26-19(18(12)20(27)28)25-14-4-5-16(29-2)17(9-14)30-3/h4-11H,1-3H3,(H,25,26)(H2,22,23,24). The molecule has 4 rings (SSSR count). The Morgan fingerprint density at radius 3 is 2.47 bits per heavy atom. The average molecular weight is 404 g/mol. The molecule has 0 fully saturated rings. The maximum absolute atomic E-state index is 12.9. The Bertz CT molecular complexity index is 1280. The third kappa shape index (κ3) is 3.48. The van der Waals surface area contributed by atoms with E-state index in [1.54, 1.807) is 52.0 Å². The lowest BCUT2D eigenvalue weighted by Crippen LogP contribution is -2.17. The van der Waals surface area contributed by atoms with E-state index < -0.39 is 0 Å². The molecule has 0 saturated heterocycles. The van der Waals surface area contributed by atoms with E-state index in [2.05, 4.69) is 20.3 Å². The van der Waals surface area contributed by atoms with Crippen molar-refractivity contribution in [3.63, 3.8) is 0 Å². The molecule has 0 unspecified atom stereocenters. The van der Waals surface area contributed by atoms with Crippen LogP contribution in [0.3, 0.4) is 0 Å². The van der Waals surface area contributed by atoms with Gasteiger partial charge in [-0.25, -0.2) is 15.0 Å². The highest BCUT2D eigenvalue weighted by Gasteiger charge is 2.14. The van der Waals surface area contributed by atoms with E-state index in [1.165, 1.54) is 4.57 Å². The number of anilines is 3. The Labute approximate surface area is 172 Å². The molecule has 0 saturated carbocycles. The van der Waals surface area contributed by atoms with Crippen LogP contribution in [0, 0.1) is 0 Å². The lowest BCUT2D eigenvalue weighted by molar-refractivity contribution is 0.355. The molecule has 0 radical (unpaired) electrons. The summed E-state index contributed by atoms with van der Waals surface area (Å²) in [6, 6.07) is 9.06. The fourth-order valence-corrected chi connectivity index (χ4v) is 3.12. The summed E-state index contributed by atoms with van der Waals surface area (Å²) in [5.41, 5.74) is 7.42. The molecule has 0 amide bonds. The van der Waals surface area contributed by atoms with Crippen molar-refractivity contribution >= 4 is 28.2 Å². The first-order chi connectivity index (χ1) is 14.5. The van der Waals surface area contributed by atoms with Gasteiger partial charge in [0, 0.05) is 43.0 Å². The van der Waals surface area contributed by atoms with Crippen molar-refractivity contribution in [2.24, 2.45) is 7.05 Å². The highest BCUT2D eigenvalue weighted by atomic mass is 16.5. The molecule has 3 N–H and O–H groups in total. The van der Waals surface area contributed by atoms with E-state index in [-0.39, 0.29) is 11.5 Å². The average Bonchev–Trinajstić information content (AvgIpc) is 2.76. The molecular formula is C21H20N6O3. The van der Waals surface area contributed by atoms with E-state index in [9.17, 15) is 4.79 Å². The minimum atomic E-state index is -0.164. The molecule has 3 heterocycles. The van der Waals surface area contributed by atoms with Gasteiger partial charge in [0.15, 0.2) is 11.5 Å². The number of aromatic nitrogens is 4. The topological polar surface area (TPSA) is 117 Å². The number of nitrogens with zero attached hydrogens (tertiary/aromatic N) is 4. The Hall–Kier alpha value is -4.14. The molecular weight excluding hydrogens is 384 g/mol. The van der Waals surface area contributed by atoms with Crippen molar-refractivity contribution in [3.05, 3.63) is 59.3 Å². The summed E-state index contributed by atoms with van der Waals surface area (Å²) in [7, 11) is 4.83. The Morgan fingerprint density at radius 1 is 1.03 bits per heavy atom. The summed E-state index contributed by atoms with van der Waals surface area (Å²) >= 11 is 0. The van der Waals surface area contributed by atoms with E-state index in [0.717, 1.165) is 5.39 Å². The van der Waals surface area contributed by atoms with Gasteiger partial charge >= 0.3 is 0 Å². The first-order valence-corrected chi connectivity index (χ1v) is 9.07. The van der Waals surface area contributed by atoms with Gasteiger partial charge in [0.25, 0.3) is 5.56 Å². The van der Waals surface area contributed by atoms with Crippen molar-refractivity contribution in [2.45, 2.75) is 0 Å². The van der Waals surface area contributed by atoms with E-state index >= 15 is 0 Å². The van der Waals surface area contributed by atoms with Gasteiger partial charge in [-0.15, -0.1) is 0 Å². The molecule has 0 atom stereocenters. The SMILES string of the molecule is COc1ccc(Nc2nc(-c3cnc(N)nc3)cc3ccn(C)c(=O)c23)cc1OC. The number of rotatable bonds is 5. The molecule has 0 aliphatic carbocycles. The zero-order chi connectivity index (χ0) is 21.3. The Balaban J connectivity index is 1.89. The first kappa shape index (κ1) is 19.2. The number of nitrogen functional groups attached to an aromatic ring is 1. The minimum absolute atomic E-state index is 0.164. The second kappa shape index (κ2) is 7.70. The van der Waals surface area contributed by atoms with E-state index in [0.29, 0.717) is 39.6 Å². The fourth-order valence-electron chi connectivity index (χ4n) is 3.12. The van der Waals surface area contributed by atoms with Crippen LogP contribution < -0.4 is 26.1 Å². The molecule has 0 aliphatic heterocycles. The number of nitrogens with two attached hydrogens (primary N) is 1. The molecule has 0 bridgehead atoms. The van der Waals surface area contributed by atoms with Gasteiger partial charge in [0.1, 0.15) is 5.82 Å². The Kier molecular flexibility index (Phi) is 4.93. The highest BCUT2D eigenvalue weighted by molar-refractivity contribution is 5.95. The number of benzene rings is 1. The molecule has 30 heavy (non-hydrogen) atoms.